The molecule has 0 heterocycles. The van der Waals surface area contributed by atoms with E-state index in [0.29, 0.717) is 0 Å². The van der Waals surface area contributed by atoms with Gasteiger partial charge in [-0.25, -0.2) is 0 Å². The second kappa shape index (κ2) is 4.18. The second-order valence-corrected chi connectivity index (χ2v) is 7.57. The maximum atomic E-state index is 10.3. The summed E-state index contributed by atoms with van der Waals surface area (Å²) < 4.78 is 9.78. The molecule has 0 saturated carbocycles. The summed E-state index contributed by atoms with van der Waals surface area (Å²) in [6.07, 6.45) is 2.69. The molecule has 0 spiro atoms. The van der Waals surface area contributed by atoms with Crippen LogP contribution in [-0.2, 0) is 14.0 Å². The van der Waals surface area contributed by atoms with Gasteiger partial charge >= 0.3 is 5.97 Å². The topological polar surface area (TPSA) is 35.5 Å². The lowest BCUT2D eigenvalue weighted by atomic mass is 10.8. The third-order valence-electron chi connectivity index (χ3n) is 0.711. The Morgan fingerprint density at radius 1 is 1.27 bits per heavy atom. The van der Waals surface area contributed by atoms with E-state index in [4.69, 9.17) is 4.43 Å². The maximum absolute atomic E-state index is 10.3. The lowest BCUT2D eigenvalue weighted by Gasteiger charge is -2.13. The Bertz CT molecular complexity index is 158. The molecular formula is C7H14O3Si. The van der Waals surface area contributed by atoms with E-state index >= 15 is 0 Å². The molecule has 64 valence electrons. The van der Waals surface area contributed by atoms with Crippen molar-refractivity contribution in [3.05, 3.63) is 12.5 Å². The lowest BCUT2D eigenvalue weighted by Crippen LogP contribution is -2.21. The highest BCUT2D eigenvalue weighted by molar-refractivity contribution is 6.69. The maximum Gasteiger partial charge on any atom is 0.307 e. The third kappa shape index (κ3) is 9.23. The molecule has 3 nitrogen and oxygen atoms in total. The molecule has 0 radical (unpaired) electrons. The van der Waals surface area contributed by atoms with E-state index < -0.39 is 8.32 Å². The highest BCUT2D eigenvalue weighted by Gasteiger charge is 2.12. The molecule has 0 rings (SSSR count). The predicted molar refractivity (Wildman–Crippen MR) is 45.3 cm³/mol. The predicted octanol–water partition coefficient (Wildman–Crippen LogP) is 1.87. The van der Waals surface area contributed by atoms with E-state index in [9.17, 15) is 4.79 Å². The van der Waals surface area contributed by atoms with Gasteiger partial charge in [-0.2, -0.15) is 0 Å². The molecule has 11 heavy (non-hydrogen) atoms. The number of carbonyl (C=O) groups excluding carboxylic acids is 1. The van der Waals surface area contributed by atoms with Crippen molar-refractivity contribution in [2.24, 2.45) is 0 Å². The molecule has 0 bridgehead atoms. The molecule has 0 N–H and O–H groups in total. The highest BCUT2D eigenvalue weighted by Crippen LogP contribution is 2.02. The van der Waals surface area contributed by atoms with Crippen LogP contribution >= 0.6 is 0 Å². The molecule has 0 aliphatic heterocycles. The van der Waals surface area contributed by atoms with Crippen LogP contribution in [0.1, 0.15) is 6.92 Å². The summed E-state index contributed by atoms with van der Waals surface area (Å²) in [5, 5.41) is 0. The minimum atomic E-state index is -1.51. The summed E-state index contributed by atoms with van der Waals surface area (Å²) in [5.74, 6) is -0.333. The Morgan fingerprint density at radius 2 is 1.82 bits per heavy atom. The highest BCUT2D eigenvalue weighted by atomic mass is 28.4. The van der Waals surface area contributed by atoms with Crippen LogP contribution in [0.2, 0.25) is 19.6 Å². The standard InChI is InChI=1S/C7H14O3Si/c1-7(8)9-5-6-10-11(2,3)4/h5-6H,1-4H3/b6-5+. The van der Waals surface area contributed by atoms with Crippen molar-refractivity contribution in [2.45, 2.75) is 26.6 Å². The van der Waals surface area contributed by atoms with Crippen LogP contribution in [0.5, 0.6) is 0 Å². The van der Waals surface area contributed by atoms with Gasteiger partial charge in [0.05, 0.1) is 0 Å². The first kappa shape index (κ1) is 10.2. The number of hydrogen-bond acceptors (Lipinski definition) is 3. The summed E-state index contributed by atoms with van der Waals surface area (Å²) in [5.41, 5.74) is 0. The van der Waals surface area contributed by atoms with Crippen LogP contribution in [-0.4, -0.2) is 14.3 Å². The van der Waals surface area contributed by atoms with E-state index in [2.05, 4.69) is 4.74 Å². The van der Waals surface area contributed by atoms with E-state index in [0.717, 1.165) is 0 Å². The number of carbonyl (C=O) groups is 1. The first-order chi connectivity index (χ1) is 4.92. The number of rotatable bonds is 3. The number of hydrogen-bond donors (Lipinski definition) is 0. The van der Waals surface area contributed by atoms with Gasteiger partial charge in [-0.3, -0.25) is 4.79 Å². The van der Waals surface area contributed by atoms with Gasteiger partial charge in [-0.1, -0.05) is 0 Å². The van der Waals surface area contributed by atoms with E-state index in [1.165, 1.54) is 19.4 Å². The van der Waals surface area contributed by atoms with Gasteiger partial charge in [0, 0.05) is 6.92 Å². The molecule has 0 aromatic carbocycles. The van der Waals surface area contributed by atoms with Crippen molar-refractivity contribution in [3.63, 3.8) is 0 Å². The normalized spacial score (nSPS) is 11.6. The summed E-state index contributed by atoms with van der Waals surface area (Å²) in [7, 11) is -1.51. The minimum absolute atomic E-state index is 0.333. The molecule has 0 saturated heterocycles. The Labute approximate surface area is 68.1 Å². The summed E-state index contributed by atoms with van der Waals surface area (Å²) in [6.45, 7) is 7.49. The smallest absolute Gasteiger partial charge is 0.307 e. The zero-order valence-corrected chi connectivity index (χ0v) is 8.38. The van der Waals surface area contributed by atoms with Gasteiger partial charge in [-0.15, -0.1) is 0 Å². The van der Waals surface area contributed by atoms with E-state index in [1.54, 1.807) is 0 Å². The first-order valence-electron chi connectivity index (χ1n) is 3.42. The quantitative estimate of drug-likeness (QED) is 0.372. The Kier molecular flexibility index (Phi) is 3.88. The van der Waals surface area contributed by atoms with Crippen molar-refractivity contribution in [1.29, 1.82) is 0 Å². The van der Waals surface area contributed by atoms with Crippen molar-refractivity contribution < 1.29 is 14.0 Å². The lowest BCUT2D eigenvalue weighted by molar-refractivity contribution is -0.135. The molecule has 0 aliphatic carbocycles. The van der Waals surface area contributed by atoms with Gasteiger partial charge in [0.2, 0.25) is 8.32 Å². The molecule has 0 atom stereocenters. The van der Waals surface area contributed by atoms with Gasteiger partial charge in [0.25, 0.3) is 0 Å². The molecule has 0 aromatic heterocycles. The van der Waals surface area contributed by atoms with E-state index in [1.807, 2.05) is 19.6 Å². The Balaban J connectivity index is 3.53. The number of ether oxygens (including phenoxy) is 1. The van der Waals surface area contributed by atoms with Crippen LogP contribution < -0.4 is 0 Å². The fourth-order valence-electron chi connectivity index (χ4n) is 0.355. The van der Waals surface area contributed by atoms with Crippen LogP contribution in [0.3, 0.4) is 0 Å². The van der Waals surface area contributed by atoms with Crippen molar-refractivity contribution in [2.75, 3.05) is 0 Å². The molecule has 0 aromatic rings. The summed E-state index contributed by atoms with van der Waals surface area (Å²) in [4.78, 5) is 10.3. The van der Waals surface area contributed by atoms with E-state index in [-0.39, 0.29) is 5.97 Å². The molecular weight excluding hydrogens is 160 g/mol. The SMILES string of the molecule is CC(=O)O/C=C/O[Si](C)(C)C. The van der Waals surface area contributed by atoms with Gasteiger partial charge in [0.15, 0.2) is 0 Å². The largest absolute Gasteiger partial charge is 0.547 e. The average molecular weight is 174 g/mol. The zero-order valence-electron chi connectivity index (χ0n) is 7.38. The zero-order chi connectivity index (χ0) is 8.91. The Hall–Kier alpha value is -0.773. The monoisotopic (exact) mass is 174 g/mol. The summed E-state index contributed by atoms with van der Waals surface area (Å²) in [6, 6.07) is 0. The molecule has 0 amide bonds. The van der Waals surface area contributed by atoms with Crippen LogP contribution in [0.4, 0.5) is 0 Å². The molecule has 0 fully saturated rings. The molecule has 0 unspecified atom stereocenters. The minimum Gasteiger partial charge on any atom is -0.547 e. The fourth-order valence-corrected chi connectivity index (χ4v) is 0.819. The first-order valence-corrected chi connectivity index (χ1v) is 6.83. The van der Waals surface area contributed by atoms with Crippen LogP contribution in [0.15, 0.2) is 12.5 Å². The summed E-state index contributed by atoms with van der Waals surface area (Å²) >= 11 is 0. The average Bonchev–Trinajstić information content (AvgIpc) is 1.78. The number of esters is 1. The van der Waals surface area contributed by atoms with Gasteiger partial charge in [-0.05, 0) is 19.6 Å². The van der Waals surface area contributed by atoms with Gasteiger partial charge < -0.3 is 9.16 Å². The van der Waals surface area contributed by atoms with Crippen LogP contribution in [0, 0.1) is 0 Å². The Morgan fingerprint density at radius 3 is 2.18 bits per heavy atom. The van der Waals surface area contributed by atoms with Crippen LogP contribution in [0.25, 0.3) is 0 Å². The molecule has 0 aliphatic rings. The van der Waals surface area contributed by atoms with Crippen molar-refractivity contribution in [3.8, 4) is 0 Å². The second-order valence-electron chi connectivity index (χ2n) is 3.11. The van der Waals surface area contributed by atoms with Gasteiger partial charge in [0.1, 0.15) is 12.5 Å². The fraction of sp³-hybridized carbons (Fsp3) is 0.571. The molecule has 4 heteroatoms. The van der Waals surface area contributed by atoms with Crippen molar-refractivity contribution >= 4 is 14.3 Å². The van der Waals surface area contributed by atoms with Crippen molar-refractivity contribution in [1.82, 2.24) is 0 Å². The third-order valence-corrected chi connectivity index (χ3v) is 1.55.